The van der Waals surface area contributed by atoms with Gasteiger partial charge in [-0.1, -0.05) is 6.42 Å². The van der Waals surface area contributed by atoms with E-state index < -0.39 is 0 Å². The highest BCUT2D eigenvalue weighted by Gasteiger charge is 2.22. The highest BCUT2D eigenvalue weighted by molar-refractivity contribution is 4.83. The van der Waals surface area contributed by atoms with Crippen molar-refractivity contribution in [2.24, 2.45) is 5.73 Å². The van der Waals surface area contributed by atoms with Crippen molar-refractivity contribution < 1.29 is 4.74 Å². The van der Waals surface area contributed by atoms with Crippen LogP contribution in [0.1, 0.15) is 38.5 Å². The van der Waals surface area contributed by atoms with Crippen molar-refractivity contribution in [1.82, 2.24) is 5.32 Å². The molecule has 2 fully saturated rings. The van der Waals surface area contributed by atoms with E-state index >= 15 is 0 Å². The van der Waals surface area contributed by atoms with Gasteiger partial charge in [-0.05, 0) is 32.1 Å². The Morgan fingerprint density at radius 1 is 1.07 bits per heavy atom. The van der Waals surface area contributed by atoms with Crippen LogP contribution in [0.15, 0.2) is 0 Å². The summed E-state index contributed by atoms with van der Waals surface area (Å²) in [6.45, 7) is 1.84. The van der Waals surface area contributed by atoms with Gasteiger partial charge in [0.25, 0.3) is 0 Å². The van der Waals surface area contributed by atoms with Gasteiger partial charge in [0.15, 0.2) is 0 Å². The molecule has 1 aliphatic heterocycles. The van der Waals surface area contributed by atoms with Gasteiger partial charge in [0.05, 0.1) is 6.61 Å². The van der Waals surface area contributed by atoms with Crippen molar-refractivity contribution >= 4 is 0 Å². The molecule has 82 valence electrons. The lowest BCUT2D eigenvalue weighted by atomic mass is 9.91. The quantitative estimate of drug-likeness (QED) is 0.696. The van der Waals surface area contributed by atoms with Gasteiger partial charge in [-0.15, -0.1) is 0 Å². The molecule has 0 amide bonds. The zero-order valence-electron chi connectivity index (χ0n) is 8.87. The Bertz CT molecular complexity index is 169. The number of hydrogen-bond donors (Lipinski definition) is 2. The molecule has 0 aromatic heterocycles. The zero-order chi connectivity index (χ0) is 9.80. The zero-order valence-corrected chi connectivity index (χ0v) is 8.87. The SMILES string of the molecule is NC1CCCC(NC2CCCOC2)C1. The summed E-state index contributed by atoms with van der Waals surface area (Å²) in [7, 11) is 0. The van der Waals surface area contributed by atoms with Crippen LogP contribution in [0.4, 0.5) is 0 Å². The third-order valence-corrected chi connectivity index (χ3v) is 3.35. The minimum atomic E-state index is 0.422. The first kappa shape index (κ1) is 10.4. The van der Waals surface area contributed by atoms with Crippen LogP contribution in [0.5, 0.6) is 0 Å². The topological polar surface area (TPSA) is 47.3 Å². The van der Waals surface area contributed by atoms with Gasteiger partial charge in [0.2, 0.25) is 0 Å². The number of ether oxygens (including phenoxy) is 1. The third-order valence-electron chi connectivity index (χ3n) is 3.35. The molecule has 3 nitrogen and oxygen atoms in total. The molecule has 3 unspecified atom stereocenters. The van der Waals surface area contributed by atoms with E-state index in [2.05, 4.69) is 5.32 Å². The maximum atomic E-state index is 5.96. The Kier molecular flexibility index (Phi) is 3.79. The van der Waals surface area contributed by atoms with E-state index in [1.54, 1.807) is 0 Å². The summed E-state index contributed by atoms with van der Waals surface area (Å²) < 4.78 is 5.46. The highest BCUT2D eigenvalue weighted by atomic mass is 16.5. The number of nitrogens with one attached hydrogen (secondary N) is 1. The molecule has 2 aliphatic rings. The lowest BCUT2D eigenvalue weighted by Crippen LogP contribution is -2.47. The van der Waals surface area contributed by atoms with Gasteiger partial charge in [0, 0.05) is 24.7 Å². The standard InChI is InChI=1S/C11H22N2O/c12-9-3-1-4-10(7-9)13-11-5-2-6-14-8-11/h9-11,13H,1-8,12H2. The predicted octanol–water partition coefficient (Wildman–Crippen LogP) is 1.02. The van der Waals surface area contributed by atoms with E-state index in [4.69, 9.17) is 10.5 Å². The van der Waals surface area contributed by atoms with Gasteiger partial charge in [0.1, 0.15) is 0 Å². The third kappa shape index (κ3) is 2.94. The van der Waals surface area contributed by atoms with Crippen molar-refractivity contribution in [2.45, 2.75) is 56.7 Å². The molecule has 1 saturated carbocycles. The van der Waals surface area contributed by atoms with E-state index in [9.17, 15) is 0 Å². The molecule has 14 heavy (non-hydrogen) atoms. The molecule has 1 heterocycles. The summed E-state index contributed by atoms with van der Waals surface area (Å²) in [5.41, 5.74) is 5.96. The second-order valence-corrected chi connectivity index (χ2v) is 4.70. The van der Waals surface area contributed by atoms with Crippen LogP contribution in [0, 0.1) is 0 Å². The smallest absolute Gasteiger partial charge is 0.0619 e. The minimum absolute atomic E-state index is 0.422. The lowest BCUT2D eigenvalue weighted by Gasteiger charge is -2.32. The molecule has 3 atom stereocenters. The van der Waals surface area contributed by atoms with Crippen LogP contribution in [-0.2, 0) is 4.74 Å². The molecular formula is C11H22N2O. The van der Waals surface area contributed by atoms with Crippen LogP contribution in [0.25, 0.3) is 0 Å². The van der Waals surface area contributed by atoms with Gasteiger partial charge < -0.3 is 15.8 Å². The van der Waals surface area contributed by atoms with Gasteiger partial charge in [-0.3, -0.25) is 0 Å². The fraction of sp³-hybridized carbons (Fsp3) is 1.00. The molecular weight excluding hydrogens is 176 g/mol. The molecule has 0 radical (unpaired) electrons. The summed E-state index contributed by atoms with van der Waals surface area (Å²) in [5.74, 6) is 0. The molecule has 3 heteroatoms. The Hall–Kier alpha value is -0.120. The highest BCUT2D eigenvalue weighted by Crippen LogP contribution is 2.18. The Labute approximate surface area is 86.4 Å². The maximum Gasteiger partial charge on any atom is 0.0619 e. The van der Waals surface area contributed by atoms with Crippen molar-refractivity contribution in [3.63, 3.8) is 0 Å². The van der Waals surface area contributed by atoms with E-state index in [-0.39, 0.29) is 0 Å². The van der Waals surface area contributed by atoms with Crippen LogP contribution in [-0.4, -0.2) is 31.3 Å². The van der Waals surface area contributed by atoms with E-state index in [0.717, 1.165) is 19.6 Å². The van der Waals surface area contributed by atoms with Crippen molar-refractivity contribution in [3.8, 4) is 0 Å². The summed E-state index contributed by atoms with van der Waals surface area (Å²) in [6, 6.07) is 1.65. The molecule has 0 aromatic rings. The second kappa shape index (κ2) is 5.10. The normalized spacial score (nSPS) is 39.6. The fourth-order valence-corrected chi connectivity index (χ4v) is 2.58. The van der Waals surface area contributed by atoms with Crippen LogP contribution in [0.3, 0.4) is 0 Å². The molecule has 0 bridgehead atoms. The van der Waals surface area contributed by atoms with Gasteiger partial charge in [-0.2, -0.15) is 0 Å². The maximum absolute atomic E-state index is 5.96. The van der Waals surface area contributed by atoms with E-state index in [1.807, 2.05) is 0 Å². The molecule has 2 rings (SSSR count). The first-order valence-electron chi connectivity index (χ1n) is 5.94. The number of nitrogens with two attached hydrogens (primary N) is 1. The van der Waals surface area contributed by atoms with E-state index in [1.165, 1.54) is 32.1 Å². The summed E-state index contributed by atoms with van der Waals surface area (Å²) in [5, 5.41) is 3.68. The van der Waals surface area contributed by atoms with Crippen LogP contribution >= 0.6 is 0 Å². The first-order chi connectivity index (χ1) is 6.84. The fourth-order valence-electron chi connectivity index (χ4n) is 2.58. The Balaban J connectivity index is 1.72. The molecule has 1 aliphatic carbocycles. The molecule has 0 spiro atoms. The molecule has 1 saturated heterocycles. The average Bonchev–Trinajstić information content (AvgIpc) is 2.19. The van der Waals surface area contributed by atoms with Crippen LogP contribution in [0.2, 0.25) is 0 Å². The summed E-state index contributed by atoms with van der Waals surface area (Å²) in [6.07, 6.45) is 7.41. The van der Waals surface area contributed by atoms with Gasteiger partial charge >= 0.3 is 0 Å². The average molecular weight is 198 g/mol. The number of hydrogen-bond acceptors (Lipinski definition) is 3. The minimum Gasteiger partial charge on any atom is -0.380 e. The molecule has 0 aromatic carbocycles. The summed E-state index contributed by atoms with van der Waals surface area (Å²) >= 11 is 0. The Morgan fingerprint density at radius 3 is 2.64 bits per heavy atom. The summed E-state index contributed by atoms with van der Waals surface area (Å²) in [4.78, 5) is 0. The van der Waals surface area contributed by atoms with Crippen LogP contribution < -0.4 is 11.1 Å². The number of rotatable bonds is 2. The Morgan fingerprint density at radius 2 is 1.93 bits per heavy atom. The largest absolute Gasteiger partial charge is 0.380 e. The lowest BCUT2D eigenvalue weighted by molar-refractivity contribution is 0.0638. The van der Waals surface area contributed by atoms with Crippen molar-refractivity contribution in [1.29, 1.82) is 0 Å². The predicted molar refractivity (Wildman–Crippen MR) is 57.2 cm³/mol. The first-order valence-corrected chi connectivity index (χ1v) is 5.94. The monoisotopic (exact) mass is 198 g/mol. The van der Waals surface area contributed by atoms with Gasteiger partial charge in [-0.25, -0.2) is 0 Å². The van der Waals surface area contributed by atoms with Crippen molar-refractivity contribution in [2.75, 3.05) is 13.2 Å². The molecule has 3 N–H and O–H groups in total. The van der Waals surface area contributed by atoms with E-state index in [0.29, 0.717) is 18.1 Å². The van der Waals surface area contributed by atoms with Crippen molar-refractivity contribution in [3.05, 3.63) is 0 Å². The second-order valence-electron chi connectivity index (χ2n) is 4.70.